The fraction of sp³-hybridized carbons (Fsp3) is 0.667. The van der Waals surface area contributed by atoms with E-state index < -0.39 is 11.3 Å². The molecule has 0 saturated carbocycles. The smallest absolute Gasteiger partial charge is 0.323 e. The number of nitrogens with zero attached hydrogens (tertiary/aromatic N) is 1. The molecule has 0 aromatic rings. The Balaban J connectivity index is 3.93. The van der Waals surface area contributed by atoms with Crippen LogP contribution in [-0.4, -0.2) is 40.9 Å². The molecule has 1 N–H and O–H groups in total. The van der Waals surface area contributed by atoms with E-state index in [0.29, 0.717) is 0 Å². The summed E-state index contributed by atoms with van der Waals surface area (Å²) in [7, 11) is 1.40. The standard InChI is InChI=1S/C6H10ClNO3/c1-4(7)6(11)8(2)3-5(9)10/h4H,3H2,1-2H3,(H,9,10). The number of hydrogen-bond donors (Lipinski definition) is 1. The Kier molecular flexibility index (Phi) is 3.89. The van der Waals surface area contributed by atoms with Gasteiger partial charge in [-0.3, -0.25) is 9.59 Å². The Bertz CT molecular complexity index is 169. The highest BCUT2D eigenvalue weighted by Crippen LogP contribution is 1.98. The van der Waals surface area contributed by atoms with Crippen LogP contribution in [0.15, 0.2) is 0 Å². The van der Waals surface area contributed by atoms with Crippen molar-refractivity contribution in [2.75, 3.05) is 13.6 Å². The quantitative estimate of drug-likeness (QED) is 0.628. The number of hydrogen-bond acceptors (Lipinski definition) is 2. The zero-order chi connectivity index (χ0) is 9.02. The van der Waals surface area contributed by atoms with Gasteiger partial charge in [-0.1, -0.05) is 0 Å². The maximum Gasteiger partial charge on any atom is 0.323 e. The van der Waals surface area contributed by atoms with E-state index in [1.165, 1.54) is 14.0 Å². The average molecular weight is 180 g/mol. The topological polar surface area (TPSA) is 57.6 Å². The first-order chi connectivity index (χ1) is 4.95. The van der Waals surface area contributed by atoms with Gasteiger partial charge in [-0.05, 0) is 6.92 Å². The van der Waals surface area contributed by atoms with E-state index in [-0.39, 0.29) is 12.5 Å². The number of aliphatic carboxylic acids is 1. The lowest BCUT2D eigenvalue weighted by molar-refractivity contribution is -0.143. The van der Waals surface area contributed by atoms with Crippen molar-refractivity contribution >= 4 is 23.5 Å². The molecule has 1 unspecified atom stereocenters. The maximum atomic E-state index is 10.9. The molecule has 0 spiro atoms. The lowest BCUT2D eigenvalue weighted by Crippen LogP contribution is -2.36. The first-order valence-corrected chi connectivity index (χ1v) is 3.49. The molecule has 5 heteroatoms. The summed E-state index contributed by atoms with van der Waals surface area (Å²) in [5, 5.41) is 7.61. The van der Waals surface area contributed by atoms with Gasteiger partial charge in [0.05, 0.1) is 0 Å². The van der Waals surface area contributed by atoms with E-state index in [2.05, 4.69) is 0 Å². The van der Waals surface area contributed by atoms with Gasteiger partial charge in [0, 0.05) is 7.05 Å². The predicted molar refractivity (Wildman–Crippen MR) is 40.6 cm³/mol. The van der Waals surface area contributed by atoms with Crippen molar-refractivity contribution < 1.29 is 14.7 Å². The molecule has 0 aromatic heterocycles. The number of alkyl halides is 1. The summed E-state index contributed by atoms with van der Waals surface area (Å²) >= 11 is 5.42. The Morgan fingerprint density at radius 2 is 2.09 bits per heavy atom. The number of carbonyl (C=O) groups excluding carboxylic acids is 1. The molecular weight excluding hydrogens is 170 g/mol. The number of likely N-dealkylation sites (N-methyl/N-ethyl adjacent to an activating group) is 1. The van der Waals surface area contributed by atoms with E-state index in [9.17, 15) is 9.59 Å². The molecule has 0 aliphatic rings. The van der Waals surface area contributed by atoms with Crippen LogP contribution in [0.3, 0.4) is 0 Å². The van der Waals surface area contributed by atoms with Gasteiger partial charge in [-0.15, -0.1) is 11.6 Å². The van der Waals surface area contributed by atoms with Gasteiger partial charge in [0.15, 0.2) is 0 Å². The number of amides is 1. The lowest BCUT2D eigenvalue weighted by Gasteiger charge is -2.15. The van der Waals surface area contributed by atoms with Crippen LogP contribution in [0, 0.1) is 0 Å². The van der Waals surface area contributed by atoms with Gasteiger partial charge in [0.2, 0.25) is 5.91 Å². The number of carbonyl (C=O) groups is 2. The predicted octanol–water partition coefficient (Wildman–Crippen LogP) is 0.157. The van der Waals surface area contributed by atoms with Gasteiger partial charge in [-0.25, -0.2) is 0 Å². The summed E-state index contributed by atoms with van der Waals surface area (Å²) < 4.78 is 0. The molecule has 0 saturated heterocycles. The third kappa shape index (κ3) is 3.83. The summed E-state index contributed by atoms with van der Waals surface area (Å²) in [6, 6.07) is 0. The van der Waals surface area contributed by atoms with Gasteiger partial charge in [-0.2, -0.15) is 0 Å². The second-order valence-corrected chi connectivity index (χ2v) is 2.86. The van der Waals surface area contributed by atoms with Crippen LogP contribution in [0.5, 0.6) is 0 Å². The number of carboxylic acids is 1. The Hall–Kier alpha value is -0.770. The van der Waals surface area contributed by atoms with E-state index in [0.717, 1.165) is 4.90 Å². The zero-order valence-corrected chi connectivity index (χ0v) is 7.13. The fourth-order valence-corrected chi connectivity index (χ4v) is 0.751. The van der Waals surface area contributed by atoms with Crippen molar-refractivity contribution in [3.8, 4) is 0 Å². The highest BCUT2D eigenvalue weighted by molar-refractivity contribution is 6.30. The molecule has 64 valence electrons. The van der Waals surface area contributed by atoms with Gasteiger partial charge in [0.1, 0.15) is 11.9 Å². The first kappa shape index (κ1) is 10.2. The van der Waals surface area contributed by atoms with Crippen molar-refractivity contribution in [1.29, 1.82) is 0 Å². The van der Waals surface area contributed by atoms with Gasteiger partial charge in [0.25, 0.3) is 0 Å². The molecular formula is C6H10ClNO3. The molecule has 0 aromatic carbocycles. The summed E-state index contributed by atoms with van der Waals surface area (Å²) in [6.45, 7) is 1.19. The van der Waals surface area contributed by atoms with Crippen LogP contribution in [-0.2, 0) is 9.59 Å². The molecule has 4 nitrogen and oxygen atoms in total. The Labute approximate surface area is 69.7 Å². The van der Waals surface area contributed by atoms with Crippen molar-refractivity contribution in [2.45, 2.75) is 12.3 Å². The number of rotatable bonds is 3. The molecule has 0 heterocycles. The molecule has 11 heavy (non-hydrogen) atoms. The molecule has 0 rings (SSSR count). The zero-order valence-electron chi connectivity index (χ0n) is 6.37. The van der Waals surface area contributed by atoms with Crippen molar-refractivity contribution in [3.05, 3.63) is 0 Å². The Morgan fingerprint density at radius 1 is 1.64 bits per heavy atom. The van der Waals surface area contributed by atoms with Crippen LogP contribution in [0.25, 0.3) is 0 Å². The number of halogens is 1. The summed E-state index contributed by atoms with van der Waals surface area (Å²) in [6.07, 6.45) is 0. The third-order valence-corrected chi connectivity index (χ3v) is 1.28. The minimum absolute atomic E-state index is 0.310. The summed E-state index contributed by atoms with van der Waals surface area (Å²) in [5.74, 6) is -1.42. The maximum absolute atomic E-state index is 10.9. The van der Waals surface area contributed by atoms with E-state index >= 15 is 0 Å². The summed E-state index contributed by atoms with van der Waals surface area (Å²) in [5.41, 5.74) is 0. The van der Waals surface area contributed by atoms with Crippen molar-refractivity contribution in [3.63, 3.8) is 0 Å². The highest BCUT2D eigenvalue weighted by Gasteiger charge is 2.16. The molecule has 0 aliphatic heterocycles. The minimum atomic E-state index is -1.04. The lowest BCUT2D eigenvalue weighted by atomic mass is 10.4. The summed E-state index contributed by atoms with van der Waals surface area (Å²) in [4.78, 5) is 22.1. The highest BCUT2D eigenvalue weighted by atomic mass is 35.5. The normalized spacial score (nSPS) is 12.3. The SMILES string of the molecule is CC(Cl)C(=O)N(C)CC(=O)O. The molecule has 0 aliphatic carbocycles. The molecule has 1 atom stereocenters. The van der Waals surface area contributed by atoms with Crippen molar-refractivity contribution in [1.82, 2.24) is 4.90 Å². The van der Waals surface area contributed by atoms with E-state index in [1.54, 1.807) is 0 Å². The van der Waals surface area contributed by atoms with Gasteiger partial charge >= 0.3 is 5.97 Å². The molecule has 0 fully saturated rings. The second-order valence-electron chi connectivity index (χ2n) is 2.20. The molecule has 0 bridgehead atoms. The van der Waals surface area contributed by atoms with Crippen LogP contribution in [0.1, 0.15) is 6.92 Å². The van der Waals surface area contributed by atoms with Crippen molar-refractivity contribution in [2.24, 2.45) is 0 Å². The van der Waals surface area contributed by atoms with Crippen LogP contribution in [0.2, 0.25) is 0 Å². The Morgan fingerprint density at radius 3 is 2.36 bits per heavy atom. The van der Waals surface area contributed by atoms with Gasteiger partial charge < -0.3 is 10.0 Å². The molecule has 1 amide bonds. The number of carboxylic acid groups (broad SMARTS) is 1. The fourth-order valence-electron chi connectivity index (χ4n) is 0.584. The molecule has 0 radical (unpaired) electrons. The van der Waals surface area contributed by atoms with E-state index in [4.69, 9.17) is 16.7 Å². The van der Waals surface area contributed by atoms with Crippen LogP contribution >= 0.6 is 11.6 Å². The minimum Gasteiger partial charge on any atom is -0.480 e. The first-order valence-electron chi connectivity index (χ1n) is 3.06. The second kappa shape index (κ2) is 4.18. The third-order valence-electron chi connectivity index (χ3n) is 1.09. The monoisotopic (exact) mass is 179 g/mol. The average Bonchev–Trinajstić information content (AvgIpc) is 1.84. The largest absolute Gasteiger partial charge is 0.480 e. The van der Waals surface area contributed by atoms with E-state index in [1.807, 2.05) is 0 Å². The van der Waals surface area contributed by atoms with Crippen LogP contribution < -0.4 is 0 Å². The van der Waals surface area contributed by atoms with Crippen LogP contribution in [0.4, 0.5) is 0 Å².